The molecule has 1 aromatic carbocycles. The first-order valence-electron chi connectivity index (χ1n) is 6.39. The summed E-state index contributed by atoms with van der Waals surface area (Å²) in [4.78, 5) is 11.7. The minimum atomic E-state index is -1.14. The van der Waals surface area contributed by atoms with E-state index >= 15 is 0 Å². The van der Waals surface area contributed by atoms with Gasteiger partial charge in [-0.05, 0) is 25.0 Å². The minimum absolute atomic E-state index is 0.0761. The summed E-state index contributed by atoms with van der Waals surface area (Å²) in [6.45, 7) is 0. The normalized spacial score (nSPS) is 16.1. The van der Waals surface area contributed by atoms with Gasteiger partial charge in [-0.15, -0.1) is 0 Å². The van der Waals surface area contributed by atoms with E-state index in [0.717, 1.165) is 31.7 Å². The predicted molar refractivity (Wildman–Crippen MR) is 69.8 cm³/mol. The van der Waals surface area contributed by atoms with Gasteiger partial charge in [0.15, 0.2) is 11.6 Å². The van der Waals surface area contributed by atoms with E-state index in [1.165, 1.54) is 12.5 Å². The molecule has 0 aromatic heterocycles. The lowest BCUT2D eigenvalue weighted by Gasteiger charge is -2.23. The van der Waals surface area contributed by atoms with Gasteiger partial charge in [0.05, 0.1) is 11.4 Å². The molecule has 104 valence electrons. The minimum Gasteiger partial charge on any atom is -0.395 e. The Morgan fingerprint density at radius 1 is 1.21 bits per heavy atom. The molecule has 0 bridgehead atoms. The van der Waals surface area contributed by atoms with Gasteiger partial charge in [-0.2, -0.15) is 0 Å². The highest BCUT2D eigenvalue weighted by molar-refractivity contribution is 5.92. The molecular weight excluding hydrogens is 252 g/mol. The number of anilines is 2. The van der Waals surface area contributed by atoms with Crippen molar-refractivity contribution < 1.29 is 13.6 Å². The van der Waals surface area contributed by atoms with Crippen LogP contribution in [0.2, 0.25) is 0 Å². The van der Waals surface area contributed by atoms with Gasteiger partial charge in [0.1, 0.15) is 0 Å². The number of carbonyl (C=O) groups is 1. The van der Waals surface area contributed by atoms with Crippen LogP contribution in [0.1, 0.15) is 32.1 Å². The van der Waals surface area contributed by atoms with Crippen molar-refractivity contribution >= 4 is 17.4 Å². The SMILES string of the molecule is Nc1c(NC(=O)NC2CCCCC2)ccc(F)c1F. The molecule has 0 heterocycles. The topological polar surface area (TPSA) is 67.1 Å². The van der Waals surface area contributed by atoms with Crippen LogP contribution in [0.4, 0.5) is 25.0 Å². The summed E-state index contributed by atoms with van der Waals surface area (Å²) >= 11 is 0. The fraction of sp³-hybridized carbons (Fsp3) is 0.462. The fourth-order valence-corrected chi connectivity index (χ4v) is 2.27. The van der Waals surface area contributed by atoms with Crippen LogP contribution in [0.3, 0.4) is 0 Å². The molecule has 1 aliphatic rings. The van der Waals surface area contributed by atoms with Crippen molar-refractivity contribution in [2.45, 2.75) is 38.1 Å². The van der Waals surface area contributed by atoms with E-state index in [9.17, 15) is 13.6 Å². The molecule has 0 saturated heterocycles. The summed E-state index contributed by atoms with van der Waals surface area (Å²) < 4.78 is 26.1. The molecule has 1 saturated carbocycles. The fourth-order valence-electron chi connectivity index (χ4n) is 2.27. The molecule has 0 radical (unpaired) electrons. The molecule has 0 spiro atoms. The molecule has 2 amide bonds. The van der Waals surface area contributed by atoms with Crippen LogP contribution in [0, 0.1) is 11.6 Å². The van der Waals surface area contributed by atoms with Crippen molar-refractivity contribution in [3.05, 3.63) is 23.8 Å². The molecule has 6 heteroatoms. The lowest BCUT2D eigenvalue weighted by molar-refractivity contribution is 0.244. The van der Waals surface area contributed by atoms with Gasteiger partial charge in [-0.25, -0.2) is 13.6 Å². The van der Waals surface area contributed by atoms with Gasteiger partial charge in [0.2, 0.25) is 0 Å². The Balaban J connectivity index is 1.97. The van der Waals surface area contributed by atoms with Crippen molar-refractivity contribution in [1.29, 1.82) is 0 Å². The number of halogens is 2. The average Bonchev–Trinajstić information content (AvgIpc) is 2.41. The number of amides is 2. The van der Waals surface area contributed by atoms with Crippen molar-refractivity contribution in [2.75, 3.05) is 11.1 Å². The predicted octanol–water partition coefficient (Wildman–Crippen LogP) is 3.00. The number of carbonyl (C=O) groups excluding carboxylic acids is 1. The zero-order chi connectivity index (χ0) is 13.8. The van der Waals surface area contributed by atoms with Crippen LogP contribution < -0.4 is 16.4 Å². The largest absolute Gasteiger partial charge is 0.395 e. The van der Waals surface area contributed by atoms with E-state index in [1.807, 2.05) is 0 Å². The van der Waals surface area contributed by atoms with Crippen LogP contribution in [0.25, 0.3) is 0 Å². The van der Waals surface area contributed by atoms with Gasteiger partial charge >= 0.3 is 6.03 Å². The smallest absolute Gasteiger partial charge is 0.319 e. The van der Waals surface area contributed by atoms with Gasteiger partial charge in [-0.3, -0.25) is 0 Å². The summed E-state index contributed by atoms with van der Waals surface area (Å²) in [5.41, 5.74) is 5.09. The third-order valence-corrected chi connectivity index (χ3v) is 3.32. The Morgan fingerprint density at radius 2 is 1.89 bits per heavy atom. The molecule has 0 unspecified atom stereocenters. The molecule has 1 fully saturated rings. The highest BCUT2D eigenvalue weighted by Gasteiger charge is 2.17. The Kier molecular flexibility index (Phi) is 4.19. The number of benzene rings is 1. The van der Waals surface area contributed by atoms with E-state index in [-0.39, 0.29) is 11.7 Å². The number of nitrogen functional groups attached to an aromatic ring is 1. The van der Waals surface area contributed by atoms with Gasteiger partial charge in [0, 0.05) is 6.04 Å². The van der Waals surface area contributed by atoms with Gasteiger partial charge in [0.25, 0.3) is 0 Å². The third-order valence-electron chi connectivity index (χ3n) is 3.32. The van der Waals surface area contributed by atoms with Crippen LogP contribution in [0.5, 0.6) is 0 Å². The molecule has 1 aliphatic carbocycles. The van der Waals surface area contributed by atoms with Crippen LogP contribution in [0.15, 0.2) is 12.1 Å². The first kappa shape index (κ1) is 13.6. The molecule has 0 aliphatic heterocycles. The maximum atomic E-state index is 13.2. The Labute approximate surface area is 110 Å². The second kappa shape index (κ2) is 5.86. The van der Waals surface area contributed by atoms with E-state index in [2.05, 4.69) is 10.6 Å². The van der Waals surface area contributed by atoms with E-state index < -0.39 is 23.4 Å². The summed E-state index contributed by atoms with van der Waals surface area (Å²) in [5, 5.41) is 5.25. The molecule has 0 atom stereocenters. The highest BCUT2D eigenvalue weighted by atomic mass is 19.2. The number of rotatable bonds is 2. The first-order valence-corrected chi connectivity index (χ1v) is 6.39. The van der Waals surface area contributed by atoms with Crippen molar-refractivity contribution in [2.24, 2.45) is 0 Å². The Bertz CT molecular complexity index is 473. The lowest BCUT2D eigenvalue weighted by Crippen LogP contribution is -2.39. The van der Waals surface area contributed by atoms with Crippen LogP contribution in [-0.4, -0.2) is 12.1 Å². The number of nitrogens with two attached hydrogens (primary N) is 1. The first-order chi connectivity index (χ1) is 9.08. The second-order valence-corrected chi connectivity index (χ2v) is 4.76. The molecule has 1 aromatic rings. The lowest BCUT2D eigenvalue weighted by atomic mass is 9.96. The van der Waals surface area contributed by atoms with Crippen LogP contribution >= 0.6 is 0 Å². The zero-order valence-corrected chi connectivity index (χ0v) is 10.5. The summed E-state index contributed by atoms with van der Waals surface area (Å²) in [7, 11) is 0. The number of hydrogen-bond acceptors (Lipinski definition) is 2. The summed E-state index contributed by atoms with van der Waals surface area (Å²) in [5.74, 6) is -2.17. The number of hydrogen-bond donors (Lipinski definition) is 3. The molecule has 19 heavy (non-hydrogen) atoms. The van der Waals surface area contributed by atoms with Gasteiger partial charge in [-0.1, -0.05) is 19.3 Å². The average molecular weight is 269 g/mol. The van der Waals surface area contributed by atoms with Crippen molar-refractivity contribution in [3.63, 3.8) is 0 Å². The standard InChI is InChI=1S/C13H17F2N3O/c14-9-6-7-10(12(16)11(9)15)18-13(19)17-8-4-2-1-3-5-8/h6-8H,1-5,16H2,(H2,17,18,19). The maximum absolute atomic E-state index is 13.2. The quantitative estimate of drug-likeness (QED) is 0.722. The Morgan fingerprint density at radius 3 is 2.58 bits per heavy atom. The van der Waals surface area contributed by atoms with Crippen molar-refractivity contribution in [3.8, 4) is 0 Å². The number of nitrogens with one attached hydrogen (secondary N) is 2. The van der Waals surface area contributed by atoms with Crippen LogP contribution in [-0.2, 0) is 0 Å². The third kappa shape index (κ3) is 3.33. The maximum Gasteiger partial charge on any atom is 0.319 e. The summed E-state index contributed by atoms with van der Waals surface area (Å²) in [6, 6.07) is 1.88. The molecule has 2 rings (SSSR count). The summed E-state index contributed by atoms with van der Waals surface area (Å²) in [6.07, 6.45) is 5.27. The molecule has 4 nitrogen and oxygen atoms in total. The second-order valence-electron chi connectivity index (χ2n) is 4.76. The Hall–Kier alpha value is -1.85. The van der Waals surface area contributed by atoms with Crippen molar-refractivity contribution in [1.82, 2.24) is 5.32 Å². The van der Waals surface area contributed by atoms with E-state index in [0.29, 0.717) is 0 Å². The highest BCUT2D eigenvalue weighted by Crippen LogP contribution is 2.24. The van der Waals surface area contributed by atoms with E-state index in [4.69, 9.17) is 5.73 Å². The monoisotopic (exact) mass is 269 g/mol. The number of urea groups is 1. The zero-order valence-electron chi connectivity index (χ0n) is 10.5. The molecule has 4 N–H and O–H groups in total. The van der Waals surface area contributed by atoms with E-state index in [1.54, 1.807) is 0 Å². The molecular formula is C13H17F2N3O. The van der Waals surface area contributed by atoms with Gasteiger partial charge < -0.3 is 16.4 Å².